The van der Waals surface area contributed by atoms with E-state index in [1.807, 2.05) is 0 Å². The van der Waals surface area contributed by atoms with Crippen LogP contribution in [0, 0.1) is 0 Å². The van der Waals surface area contributed by atoms with Gasteiger partial charge in [0.25, 0.3) is 0 Å². The summed E-state index contributed by atoms with van der Waals surface area (Å²) < 4.78 is 39.8. The van der Waals surface area contributed by atoms with Gasteiger partial charge in [0.15, 0.2) is 5.82 Å². The van der Waals surface area contributed by atoms with Gasteiger partial charge in [-0.05, 0) is 17.8 Å². The number of halogens is 3. The Hall–Kier alpha value is -1.96. The highest BCUT2D eigenvalue weighted by Gasteiger charge is 2.43. The third kappa shape index (κ3) is 3.32. The van der Waals surface area contributed by atoms with Crippen molar-refractivity contribution < 1.29 is 13.2 Å². The lowest BCUT2D eigenvalue weighted by molar-refractivity contribution is -0.184. The summed E-state index contributed by atoms with van der Waals surface area (Å²) in [5.74, 6) is 0.250. The molecule has 0 saturated heterocycles. The topological polar surface area (TPSA) is 46.8 Å². The second-order valence-corrected chi connectivity index (χ2v) is 4.47. The molecule has 2 rings (SSSR count). The van der Waals surface area contributed by atoms with Crippen molar-refractivity contribution in [3.05, 3.63) is 41.7 Å². The van der Waals surface area contributed by atoms with Crippen molar-refractivity contribution in [2.75, 3.05) is 7.05 Å². The molecule has 1 aromatic heterocycles. The van der Waals surface area contributed by atoms with Crippen LogP contribution in [0.3, 0.4) is 0 Å². The predicted octanol–water partition coefficient (Wildman–Crippen LogP) is 1.95. The first-order valence-electron chi connectivity index (χ1n) is 5.92. The second kappa shape index (κ2) is 5.58. The molecule has 108 valence electrons. The molecule has 20 heavy (non-hydrogen) atoms. The van der Waals surface area contributed by atoms with E-state index < -0.39 is 12.2 Å². The first-order chi connectivity index (χ1) is 9.38. The van der Waals surface area contributed by atoms with Gasteiger partial charge in [-0.25, -0.2) is 0 Å². The highest BCUT2D eigenvalue weighted by Crippen LogP contribution is 2.37. The van der Waals surface area contributed by atoms with Crippen molar-refractivity contribution in [2.45, 2.75) is 18.8 Å². The van der Waals surface area contributed by atoms with Crippen molar-refractivity contribution >= 4 is 0 Å². The predicted molar refractivity (Wildman–Crippen MR) is 65.5 cm³/mol. The Labute approximate surface area is 114 Å². The van der Waals surface area contributed by atoms with E-state index in [4.69, 9.17) is 0 Å². The molecule has 0 fully saturated rings. The zero-order valence-electron chi connectivity index (χ0n) is 11.0. The van der Waals surface area contributed by atoms with Gasteiger partial charge >= 0.3 is 6.18 Å². The first kappa shape index (κ1) is 14.4. The van der Waals surface area contributed by atoms with Gasteiger partial charge in [0.2, 0.25) is 0 Å². The van der Waals surface area contributed by atoms with Gasteiger partial charge in [-0.3, -0.25) is 4.90 Å². The zero-order valence-corrected chi connectivity index (χ0v) is 11.0. The average molecular weight is 285 g/mol. The summed E-state index contributed by atoms with van der Waals surface area (Å²) in [6, 6.07) is 6.07. The smallest absolute Gasteiger partial charge is 0.284 e. The quantitative estimate of drug-likeness (QED) is 0.861. The molecule has 1 atom stereocenters. The molecule has 0 saturated carbocycles. The van der Waals surface area contributed by atoms with Crippen LogP contribution in [0.25, 0.3) is 0 Å². The van der Waals surface area contributed by atoms with Crippen molar-refractivity contribution in [3.63, 3.8) is 0 Å². The maximum atomic E-state index is 13.3. The minimum absolute atomic E-state index is 0.0348. The van der Waals surface area contributed by atoms with Crippen LogP contribution in [-0.4, -0.2) is 38.3 Å². The highest BCUT2D eigenvalue weighted by atomic mass is 19.4. The van der Waals surface area contributed by atoms with Gasteiger partial charge < -0.3 is 0 Å². The Balaban J connectivity index is 2.23. The van der Waals surface area contributed by atoms with Crippen molar-refractivity contribution in [3.8, 4) is 0 Å². The summed E-state index contributed by atoms with van der Waals surface area (Å²) in [5.41, 5.74) is 0.186. The van der Waals surface area contributed by atoms with Gasteiger partial charge in [0, 0.05) is 0 Å². The van der Waals surface area contributed by atoms with E-state index in [2.05, 4.69) is 15.4 Å². The van der Waals surface area contributed by atoms with Crippen molar-refractivity contribution in [1.29, 1.82) is 0 Å². The summed E-state index contributed by atoms with van der Waals surface area (Å²) in [4.78, 5) is 2.38. The number of hydrogen-bond acceptors (Lipinski definition) is 4. The van der Waals surface area contributed by atoms with Crippen molar-refractivity contribution in [1.82, 2.24) is 25.1 Å². The molecule has 2 aromatic rings. The Morgan fingerprint density at radius 3 is 2.40 bits per heavy atom. The Morgan fingerprint density at radius 1 is 1.25 bits per heavy atom. The Bertz CT molecular complexity index is 552. The number of benzene rings is 1. The Morgan fingerprint density at radius 2 is 1.90 bits per heavy atom. The lowest BCUT2D eigenvalue weighted by Gasteiger charge is -2.29. The van der Waals surface area contributed by atoms with E-state index in [-0.39, 0.29) is 17.9 Å². The van der Waals surface area contributed by atoms with Crippen LogP contribution < -0.4 is 0 Å². The molecule has 0 aliphatic carbocycles. The van der Waals surface area contributed by atoms with Gasteiger partial charge in [0.05, 0.1) is 13.6 Å². The molecule has 1 heterocycles. The van der Waals surface area contributed by atoms with Crippen LogP contribution in [0.15, 0.2) is 30.3 Å². The van der Waals surface area contributed by atoms with E-state index in [9.17, 15) is 13.2 Å². The van der Waals surface area contributed by atoms with Crippen LogP contribution in [0.2, 0.25) is 0 Å². The molecular weight excluding hydrogens is 271 g/mol. The SMILES string of the molecule is CN(Cc1nnn(C)n1)[C@@H](c1ccccc1)C(F)(F)F. The molecule has 0 amide bonds. The summed E-state index contributed by atoms with van der Waals surface area (Å²) in [6.45, 7) is -0.0348. The van der Waals surface area contributed by atoms with Gasteiger partial charge in [-0.1, -0.05) is 30.3 Å². The monoisotopic (exact) mass is 285 g/mol. The minimum Gasteiger partial charge on any atom is -0.284 e. The first-order valence-corrected chi connectivity index (χ1v) is 5.92. The maximum absolute atomic E-state index is 13.3. The fourth-order valence-corrected chi connectivity index (χ4v) is 2.03. The van der Waals surface area contributed by atoms with E-state index in [1.54, 1.807) is 25.2 Å². The van der Waals surface area contributed by atoms with Crippen LogP contribution >= 0.6 is 0 Å². The lowest BCUT2D eigenvalue weighted by atomic mass is 10.1. The summed E-state index contributed by atoms with van der Waals surface area (Å²) in [6.07, 6.45) is -4.38. The molecule has 1 aromatic carbocycles. The summed E-state index contributed by atoms with van der Waals surface area (Å²) in [5, 5.41) is 11.2. The normalized spacial score (nSPS) is 13.7. The maximum Gasteiger partial charge on any atom is 0.408 e. The Kier molecular flexibility index (Phi) is 4.03. The third-order valence-corrected chi connectivity index (χ3v) is 2.81. The molecular formula is C12H14F3N5. The molecule has 0 bridgehead atoms. The summed E-state index contributed by atoms with van der Waals surface area (Å²) >= 11 is 0. The fraction of sp³-hybridized carbons (Fsp3) is 0.417. The van der Waals surface area contributed by atoms with E-state index in [1.165, 1.54) is 24.0 Å². The van der Waals surface area contributed by atoms with Gasteiger partial charge in [-0.2, -0.15) is 18.0 Å². The average Bonchev–Trinajstić information content (AvgIpc) is 2.74. The number of nitrogens with zero attached hydrogens (tertiary/aromatic N) is 5. The van der Waals surface area contributed by atoms with Crippen molar-refractivity contribution in [2.24, 2.45) is 7.05 Å². The van der Waals surface area contributed by atoms with E-state index >= 15 is 0 Å². The number of hydrogen-bond donors (Lipinski definition) is 0. The standard InChI is InChI=1S/C12H14F3N5/c1-19(8-10-16-18-20(2)17-10)11(12(13,14)15)9-6-4-3-5-7-9/h3-7,11H,8H2,1-2H3/t11-/m0/s1. The van der Waals surface area contributed by atoms with Gasteiger partial charge in [0.1, 0.15) is 6.04 Å². The molecule has 0 radical (unpaired) electrons. The number of aryl methyl sites for hydroxylation is 1. The van der Waals surface area contributed by atoms with E-state index in [0.29, 0.717) is 0 Å². The van der Waals surface area contributed by atoms with Gasteiger partial charge in [-0.15, -0.1) is 10.2 Å². The molecule has 5 nitrogen and oxygen atoms in total. The lowest BCUT2D eigenvalue weighted by Crippen LogP contribution is -2.35. The highest BCUT2D eigenvalue weighted by molar-refractivity contribution is 5.20. The van der Waals surface area contributed by atoms with Crippen LogP contribution in [0.4, 0.5) is 13.2 Å². The molecule has 8 heteroatoms. The molecule has 0 spiro atoms. The van der Waals surface area contributed by atoms with Crippen LogP contribution in [0.1, 0.15) is 17.4 Å². The minimum atomic E-state index is -4.38. The molecule has 0 N–H and O–H groups in total. The second-order valence-electron chi connectivity index (χ2n) is 4.47. The molecule has 0 unspecified atom stereocenters. The molecule has 0 aliphatic rings. The van der Waals surface area contributed by atoms with E-state index in [0.717, 1.165) is 4.90 Å². The number of rotatable bonds is 4. The summed E-state index contributed by atoms with van der Waals surface area (Å²) in [7, 11) is 2.95. The number of tetrazole rings is 1. The third-order valence-electron chi connectivity index (χ3n) is 2.81. The van der Waals surface area contributed by atoms with Crippen LogP contribution in [-0.2, 0) is 13.6 Å². The number of aromatic nitrogens is 4. The zero-order chi connectivity index (χ0) is 14.8. The largest absolute Gasteiger partial charge is 0.408 e. The fourth-order valence-electron chi connectivity index (χ4n) is 2.03. The van der Waals surface area contributed by atoms with Crippen LogP contribution in [0.5, 0.6) is 0 Å². The molecule has 0 aliphatic heterocycles. The number of alkyl halides is 3.